The molecule has 0 aliphatic heterocycles. The van der Waals surface area contributed by atoms with Gasteiger partial charge in [0, 0.05) is 12.4 Å². The van der Waals surface area contributed by atoms with Crippen LogP contribution in [0.5, 0.6) is 0 Å². The highest BCUT2D eigenvalue weighted by atomic mass is 16.3. The number of amides is 1. The molecule has 0 bridgehead atoms. The first kappa shape index (κ1) is 11.7. The van der Waals surface area contributed by atoms with Crippen molar-refractivity contribution in [2.45, 2.75) is 25.8 Å². The molecule has 0 aromatic carbocycles. The summed E-state index contributed by atoms with van der Waals surface area (Å²) in [4.78, 5) is 15.4. The summed E-state index contributed by atoms with van der Waals surface area (Å²) in [6, 6.07) is 3.51. The summed E-state index contributed by atoms with van der Waals surface area (Å²) in [5.74, 6) is -0.0797. The van der Waals surface area contributed by atoms with Crippen molar-refractivity contribution in [2.75, 3.05) is 6.61 Å². The van der Waals surface area contributed by atoms with Gasteiger partial charge < -0.3 is 10.4 Å². The summed E-state index contributed by atoms with van der Waals surface area (Å²) in [6.07, 6.45) is 4.38. The molecular weight excluding hydrogens is 192 g/mol. The summed E-state index contributed by atoms with van der Waals surface area (Å²) in [6.45, 7) is 1.90. The molecule has 1 atom stereocenters. The van der Waals surface area contributed by atoms with Crippen molar-refractivity contribution in [3.63, 3.8) is 0 Å². The third-order valence-electron chi connectivity index (χ3n) is 2.17. The Kier molecular flexibility index (Phi) is 4.77. The normalized spacial score (nSPS) is 12.1. The quantitative estimate of drug-likeness (QED) is 0.741. The van der Waals surface area contributed by atoms with E-state index >= 15 is 0 Å². The van der Waals surface area contributed by atoms with Gasteiger partial charge in [0.2, 0.25) is 5.91 Å². The molecule has 4 nitrogen and oxygen atoms in total. The van der Waals surface area contributed by atoms with Crippen molar-refractivity contribution < 1.29 is 9.90 Å². The molecule has 1 amide bonds. The standard InChI is InChI=1S/C11H16N2O2/c1-2-10(8-14)13-11(15)6-9-4-3-5-12-7-9/h3-5,7,10,14H,2,6,8H2,1H3,(H,13,15)/t10-/m0/s1. The van der Waals surface area contributed by atoms with Crippen molar-refractivity contribution in [3.05, 3.63) is 30.1 Å². The van der Waals surface area contributed by atoms with Crippen LogP contribution < -0.4 is 5.32 Å². The van der Waals surface area contributed by atoms with E-state index < -0.39 is 0 Å². The molecule has 0 fully saturated rings. The molecule has 0 spiro atoms. The topological polar surface area (TPSA) is 62.2 Å². The van der Waals surface area contributed by atoms with Gasteiger partial charge in [-0.1, -0.05) is 13.0 Å². The Bertz CT molecular complexity index is 297. The Balaban J connectivity index is 2.43. The molecule has 0 saturated carbocycles. The van der Waals surface area contributed by atoms with Gasteiger partial charge in [0.05, 0.1) is 19.1 Å². The lowest BCUT2D eigenvalue weighted by Crippen LogP contribution is -2.37. The van der Waals surface area contributed by atoms with Crippen LogP contribution >= 0.6 is 0 Å². The minimum absolute atomic E-state index is 0.0186. The second-order valence-electron chi connectivity index (χ2n) is 3.39. The maximum Gasteiger partial charge on any atom is 0.224 e. The van der Waals surface area contributed by atoms with E-state index in [1.54, 1.807) is 18.5 Å². The van der Waals surface area contributed by atoms with Gasteiger partial charge in [-0.15, -0.1) is 0 Å². The van der Waals surface area contributed by atoms with Crippen LogP contribution in [-0.2, 0) is 11.2 Å². The molecule has 0 aliphatic rings. The van der Waals surface area contributed by atoms with Crippen molar-refractivity contribution in [1.82, 2.24) is 10.3 Å². The first-order valence-corrected chi connectivity index (χ1v) is 5.05. The maximum absolute atomic E-state index is 11.5. The molecule has 2 N–H and O–H groups in total. The Morgan fingerprint density at radius 1 is 1.67 bits per heavy atom. The number of aromatic nitrogens is 1. The van der Waals surface area contributed by atoms with Crippen molar-refractivity contribution in [3.8, 4) is 0 Å². The molecule has 1 heterocycles. The van der Waals surface area contributed by atoms with Crippen LogP contribution in [0.3, 0.4) is 0 Å². The number of nitrogens with one attached hydrogen (secondary N) is 1. The second kappa shape index (κ2) is 6.14. The summed E-state index contributed by atoms with van der Waals surface area (Å²) < 4.78 is 0. The number of hydrogen-bond donors (Lipinski definition) is 2. The number of carbonyl (C=O) groups is 1. The number of rotatable bonds is 5. The van der Waals surface area contributed by atoms with Gasteiger partial charge >= 0.3 is 0 Å². The molecule has 1 rings (SSSR count). The molecule has 0 radical (unpaired) electrons. The average molecular weight is 208 g/mol. The van der Waals surface area contributed by atoms with E-state index in [-0.39, 0.29) is 18.6 Å². The number of aliphatic hydroxyl groups excluding tert-OH is 1. The predicted molar refractivity (Wildman–Crippen MR) is 57.2 cm³/mol. The Labute approximate surface area is 89.3 Å². The molecule has 0 aliphatic carbocycles. The Morgan fingerprint density at radius 3 is 3.00 bits per heavy atom. The lowest BCUT2D eigenvalue weighted by Gasteiger charge is -2.13. The smallest absolute Gasteiger partial charge is 0.224 e. The van der Waals surface area contributed by atoms with Gasteiger partial charge in [-0.2, -0.15) is 0 Å². The van der Waals surface area contributed by atoms with Crippen LogP contribution in [0, 0.1) is 0 Å². The van der Waals surface area contributed by atoms with Gasteiger partial charge in [0.15, 0.2) is 0 Å². The highest BCUT2D eigenvalue weighted by Crippen LogP contribution is 1.98. The summed E-state index contributed by atoms with van der Waals surface area (Å²) >= 11 is 0. The van der Waals surface area contributed by atoms with E-state index in [4.69, 9.17) is 5.11 Å². The first-order valence-electron chi connectivity index (χ1n) is 5.05. The molecule has 4 heteroatoms. The SMILES string of the molecule is CC[C@@H](CO)NC(=O)Cc1cccnc1. The lowest BCUT2D eigenvalue weighted by molar-refractivity contribution is -0.121. The monoisotopic (exact) mass is 208 g/mol. The van der Waals surface area contributed by atoms with E-state index in [1.165, 1.54) is 0 Å². The minimum atomic E-state index is -0.144. The molecular formula is C11H16N2O2. The Morgan fingerprint density at radius 2 is 2.47 bits per heavy atom. The van der Waals surface area contributed by atoms with Crippen molar-refractivity contribution in [1.29, 1.82) is 0 Å². The molecule has 0 unspecified atom stereocenters. The van der Waals surface area contributed by atoms with Crippen LogP contribution in [-0.4, -0.2) is 28.6 Å². The zero-order chi connectivity index (χ0) is 11.1. The average Bonchev–Trinajstić information content (AvgIpc) is 2.27. The Hall–Kier alpha value is -1.42. The van der Waals surface area contributed by atoms with Crippen LogP contribution in [0.25, 0.3) is 0 Å². The van der Waals surface area contributed by atoms with Gasteiger partial charge in [-0.3, -0.25) is 9.78 Å². The van der Waals surface area contributed by atoms with Gasteiger partial charge in [-0.05, 0) is 18.1 Å². The van der Waals surface area contributed by atoms with E-state index in [1.807, 2.05) is 13.0 Å². The van der Waals surface area contributed by atoms with Crippen LogP contribution in [0.2, 0.25) is 0 Å². The predicted octanol–water partition coefficient (Wildman–Crippen LogP) is 0.511. The van der Waals surface area contributed by atoms with Crippen molar-refractivity contribution in [2.24, 2.45) is 0 Å². The van der Waals surface area contributed by atoms with E-state index in [0.29, 0.717) is 6.42 Å². The zero-order valence-electron chi connectivity index (χ0n) is 8.81. The van der Waals surface area contributed by atoms with Gasteiger partial charge in [-0.25, -0.2) is 0 Å². The second-order valence-corrected chi connectivity index (χ2v) is 3.39. The molecule has 15 heavy (non-hydrogen) atoms. The minimum Gasteiger partial charge on any atom is -0.394 e. The molecule has 0 saturated heterocycles. The highest BCUT2D eigenvalue weighted by Gasteiger charge is 2.09. The van der Waals surface area contributed by atoms with Crippen LogP contribution in [0.4, 0.5) is 0 Å². The summed E-state index contributed by atoms with van der Waals surface area (Å²) in [5.41, 5.74) is 0.878. The maximum atomic E-state index is 11.5. The van der Waals surface area contributed by atoms with Gasteiger partial charge in [0.25, 0.3) is 0 Å². The number of carbonyl (C=O) groups excluding carboxylic acids is 1. The number of nitrogens with zero attached hydrogens (tertiary/aromatic N) is 1. The van der Waals surface area contributed by atoms with Crippen LogP contribution in [0.1, 0.15) is 18.9 Å². The van der Waals surface area contributed by atoms with Gasteiger partial charge in [0.1, 0.15) is 0 Å². The highest BCUT2D eigenvalue weighted by molar-refractivity contribution is 5.78. The van der Waals surface area contributed by atoms with Crippen molar-refractivity contribution >= 4 is 5.91 Å². The fraction of sp³-hybridized carbons (Fsp3) is 0.455. The third-order valence-corrected chi connectivity index (χ3v) is 2.17. The molecule has 1 aromatic rings. The number of pyridine rings is 1. The van der Waals surface area contributed by atoms with E-state index in [9.17, 15) is 4.79 Å². The molecule has 1 aromatic heterocycles. The first-order chi connectivity index (χ1) is 7.26. The summed E-state index contributed by atoms with van der Waals surface area (Å²) in [5, 5.41) is 11.7. The third kappa shape index (κ3) is 4.08. The van der Waals surface area contributed by atoms with Crippen LogP contribution in [0.15, 0.2) is 24.5 Å². The number of hydrogen-bond acceptors (Lipinski definition) is 3. The zero-order valence-corrected chi connectivity index (χ0v) is 8.81. The van der Waals surface area contributed by atoms with E-state index in [2.05, 4.69) is 10.3 Å². The number of aliphatic hydroxyl groups is 1. The fourth-order valence-electron chi connectivity index (χ4n) is 1.24. The lowest BCUT2D eigenvalue weighted by atomic mass is 10.2. The van der Waals surface area contributed by atoms with E-state index in [0.717, 1.165) is 12.0 Å². The molecule has 82 valence electrons. The largest absolute Gasteiger partial charge is 0.394 e. The fourth-order valence-corrected chi connectivity index (χ4v) is 1.24. The summed E-state index contributed by atoms with van der Waals surface area (Å²) in [7, 11) is 0.